The summed E-state index contributed by atoms with van der Waals surface area (Å²) in [6, 6.07) is 3.62. The van der Waals surface area contributed by atoms with Gasteiger partial charge in [0.15, 0.2) is 0 Å². The van der Waals surface area contributed by atoms with Gasteiger partial charge in [0.2, 0.25) is 0 Å². The molecule has 3 nitrogen and oxygen atoms in total. The Morgan fingerprint density at radius 3 is 2.47 bits per heavy atom. The maximum Gasteiger partial charge on any atom is 0.417 e. The van der Waals surface area contributed by atoms with E-state index in [1.807, 2.05) is 0 Å². The summed E-state index contributed by atoms with van der Waals surface area (Å²) in [5.41, 5.74) is -1.32. The zero-order valence-corrected chi connectivity index (χ0v) is 9.30. The van der Waals surface area contributed by atoms with Crippen LogP contribution in [0.15, 0.2) is 23.0 Å². The van der Waals surface area contributed by atoms with Gasteiger partial charge in [0, 0.05) is 6.04 Å². The number of halogens is 3. The number of H-pyrrole nitrogens is 1. The lowest BCUT2D eigenvalue weighted by atomic mass is 10.1. The molecule has 6 heteroatoms. The second-order valence-electron chi connectivity index (χ2n) is 4.10. The number of hydrogen-bond acceptors (Lipinski definition) is 1. The summed E-state index contributed by atoms with van der Waals surface area (Å²) in [4.78, 5) is 11.6. The first-order chi connectivity index (χ1) is 7.82. The fraction of sp³-hybridized carbons (Fsp3) is 0.364. The summed E-state index contributed by atoms with van der Waals surface area (Å²) in [5.74, 6) is 0. The van der Waals surface area contributed by atoms with E-state index in [0.29, 0.717) is 0 Å². The van der Waals surface area contributed by atoms with Crippen LogP contribution in [0.2, 0.25) is 0 Å². The highest BCUT2D eigenvalue weighted by molar-refractivity contribution is 5.82. The number of nitrogens with one attached hydrogen (secondary N) is 1. The van der Waals surface area contributed by atoms with Crippen molar-refractivity contribution in [1.82, 2.24) is 9.78 Å². The molecule has 0 fully saturated rings. The monoisotopic (exact) mass is 244 g/mol. The van der Waals surface area contributed by atoms with E-state index in [4.69, 9.17) is 0 Å². The number of aromatic nitrogens is 2. The molecule has 1 aromatic heterocycles. The molecule has 1 N–H and O–H groups in total. The van der Waals surface area contributed by atoms with E-state index >= 15 is 0 Å². The Bertz CT molecular complexity index is 607. The van der Waals surface area contributed by atoms with Crippen LogP contribution in [0.5, 0.6) is 0 Å². The number of benzene rings is 1. The number of fused-ring (bicyclic) bond motifs is 1. The molecule has 0 atom stereocenters. The Kier molecular flexibility index (Phi) is 2.52. The number of nitrogens with zero attached hydrogens (tertiary/aromatic N) is 1. The summed E-state index contributed by atoms with van der Waals surface area (Å²) in [7, 11) is 0. The first-order valence-electron chi connectivity index (χ1n) is 5.13. The van der Waals surface area contributed by atoms with Crippen molar-refractivity contribution in [3.05, 3.63) is 34.1 Å². The van der Waals surface area contributed by atoms with Gasteiger partial charge in [-0.15, -0.1) is 0 Å². The summed E-state index contributed by atoms with van der Waals surface area (Å²) >= 11 is 0. The van der Waals surface area contributed by atoms with Crippen LogP contribution in [-0.4, -0.2) is 9.78 Å². The van der Waals surface area contributed by atoms with Crippen molar-refractivity contribution in [3.8, 4) is 0 Å². The summed E-state index contributed by atoms with van der Waals surface area (Å²) in [5, 5.41) is 2.13. The van der Waals surface area contributed by atoms with Crippen LogP contribution in [0.1, 0.15) is 25.5 Å². The quantitative estimate of drug-likeness (QED) is 0.822. The smallest absolute Gasteiger partial charge is 0.282 e. The molecule has 0 spiro atoms. The second kappa shape index (κ2) is 3.65. The van der Waals surface area contributed by atoms with E-state index in [0.717, 1.165) is 6.07 Å². The molecular formula is C11H11F3N2O. The lowest BCUT2D eigenvalue weighted by molar-refractivity contribution is -0.136. The average molecular weight is 244 g/mol. The molecule has 17 heavy (non-hydrogen) atoms. The average Bonchev–Trinajstić information content (AvgIpc) is 2.55. The third-order valence-corrected chi connectivity index (χ3v) is 2.57. The molecule has 1 aromatic carbocycles. The molecule has 92 valence electrons. The largest absolute Gasteiger partial charge is 0.417 e. The molecule has 0 aliphatic carbocycles. The van der Waals surface area contributed by atoms with Crippen LogP contribution in [0.25, 0.3) is 10.9 Å². The van der Waals surface area contributed by atoms with Crippen LogP contribution in [-0.2, 0) is 6.18 Å². The maximum atomic E-state index is 12.7. The fourth-order valence-corrected chi connectivity index (χ4v) is 1.85. The summed E-state index contributed by atoms with van der Waals surface area (Å²) in [6.45, 7) is 3.57. The van der Waals surface area contributed by atoms with Crippen molar-refractivity contribution in [3.63, 3.8) is 0 Å². The molecule has 0 unspecified atom stereocenters. The molecule has 2 aromatic rings. The lowest BCUT2D eigenvalue weighted by Crippen LogP contribution is -2.10. The van der Waals surface area contributed by atoms with Gasteiger partial charge >= 0.3 is 6.18 Å². The lowest BCUT2D eigenvalue weighted by Gasteiger charge is -2.10. The van der Waals surface area contributed by atoms with Crippen LogP contribution in [0.3, 0.4) is 0 Å². The predicted molar refractivity (Wildman–Crippen MR) is 57.9 cm³/mol. The van der Waals surface area contributed by atoms with Gasteiger partial charge in [-0.25, -0.2) is 0 Å². The molecular weight excluding hydrogens is 233 g/mol. The topological polar surface area (TPSA) is 37.8 Å². The van der Waals surface area contributed by atoms with Crippen molar-refractivity contribution in [2.45, 2.75) is 26.1 Å². The fourth-order valence-electron chi connectivity index (χ4n) is 1.85. The van der Waals surface area contributed by atoms with Crippen LogP contribution in [0, 0.1) is 0 Å². The highest BCUT2D eigenvalue weighted by atomic mass is 19.4. The molecule has 0 bridgehead atoms. The summed E-state index contributed by atoms with van der Waals surface area (Å²) in [6.07, 6.45) is -4.52. The van der Waals surface area contributed by atoms with E-state index in [-0.39, 0.29) is 16.9 Å². The highest BCUT2D eigenvalue weighted by Gasteiger charge is 2.34. The van der Waals surface area contributed by atoms with E-state index in [9.17, 15) is 18.0 Å². The standard InChI is InChI=1S/C11H11F3N2O/c1-6(2)16-8-5-3-4-7(11(12,13)14)9(8)10(17)15-16/h3-6H,1-2H3,(H,15,17). The van der Waals surface area contributed by atoms with Crippen LogP contribution in [0.4, 0.5) is 13.2 Å². The molecule has 0 aliphatic heterocycles. The Hall–Kier alpha value is -1.72. The van der Waals surface area contributed by atoms with Gasteiger partial charge < -0.3 is 0 Å². The molecule has 0 saturated carbocycles. The molecule has 0 radical (unpaired) electrons. The minimum absolute atomic E-state index is 0.108. The van der Waals surface area contributed by atoms with E-state index in [1.54, 1.807) is 13.8 Å². The van der Waals surface area contributed by atoms with Crippen LogP contribution < -0.4 is 5.56 Å². The van der Waals surface area contributed by atoms with Gasteiger partial charge in [-0.3, -0.25) is 14.6 Å². The molecule has 0 saturated heterocycles. The zero-order chi connectivity index (χ0) is 12.8. The first kappa shape index (κ1) is 11.8. The van der Waals surface area contributed by atoms with Gasteiger partial charge in [-0.1, -0.05) is 6.07 Å². The van der Waals surface area contributed by atoms with Gasteiger partial charge in [-0.05, 0) is 26.0 Å². The SMILES string of the molecule is CC(C)n1[nH]c(=O)c2c(C(F)(F)F)cccc21. The number of aromatic amines is 1. The molecule has 0 aliphatic rings. The number of hydrogen-bond donors (Lipinski definition) is 1. The van der Waals surface area contributed by atoms with E-state index in [1.165, 1.54) is 16.8 Å². The maximum absolute atomic E-state index is 12.7. The van der Waals surface area contributed by atoms with Gasteiger partial charge in [0.1, 0.15) is 0 Å². The minimum atomic E-state index is -4.52. The number of rotatable bonds is 1. The Balaban J connectivity index is 2.88. The van der Waals surface area contributed by atoms with Gasteiger partial charge in [0.05, 0.1) is 16.5 Å². The predicted octanol–water partition coefficient (Wildman–Crippen LogP) is 2.93. The van der Waals surface area contributed by atoms with E-state index < -0.39 is 17.3 Å². The van der Waals surface area contributed by atoms with Crippen molar-refractivity contribution in [1.29, 1.82) is 0 Å². The third-order valence-electron chi connectivity index (χ3n) is 2.57. The third kappa shape index (κ3) is 1.83. The Morgan fingerprint density at radius 2 is 1.94 bits per heavy atom. The van der Waals surface area contributed by atoms with Gasteiger partial charge in [-0.2, -0.15) is 13.2 Å². The number of alkyl halides is 3. The second-order valence-corrected chi connectivity index (χ2v) is 4.10. The van der Waals surface area contributed by atoms with Crippen molar-refractivity contribution in [2.75, 3.05) is 0 Å². The Labute approximate surface area is 94.8 Å². The molecule has 0 amide bonds. The van der Waals surface area contributed by atoms with Crippen molar-refractivity contribution in [2.24, 2.45) is 0 Å². The molecule has 1 heterocycles. The first-order valence-corrected chi connectivity index (χ1v) is 5.13. The van der Waals surface area contributed by atoms with Crippen molar-refractivity contribution >= 4 is 10.9 Å². The molecule has 2 rings (SSSR count). The van der Waals surface area contributed by atoms with Gasteiger partial charge in [0.25, 0.3) is 5.56 Å². The normalized spacial score (nSPS) is 12.6. The minimum Gasteiger partial charge on any atom is -0.282 e. The van der Waals surface area contributed by atoms with Crippen molar-refractivity contribution < 1.29 is 13.2 Å². The van der Waals surface area contributed by atoms with E-state index in [2.05, 4.69) is 5.10 Å². The Morgan fingerprint density at radius 1 is 1.29 bits per heavy atom. The summed E-state index contributed by atoms with van der Waals surface area (Å²) < 4.78 is 39.7. The highest BCUT2D eigenvalue weighted by Crippen LogP contribution is 2.33. The van der Waals surface area contributed by atoms with Crippen LogP contribution >= 0.6 is 0 Å². The zero-order valence-electron chi connectivity index (χ0n) is 9.30.